The molecule has 0 radical (unpaired) electrons. The van der Waals surface area contributed by atoms with E-state index in [2.05, 4.69) is 15.6 Å². The second-order valence-electron chi connectivity index (χ2n) is 5.94. The molecule has 0 saturated carbocycles. The number of benzene rings is 2. The lowest BCUT2D eigenvalue weighted by molar-refractivity contribution is 0.0617. The summed E-state index contributed by atoms with van der Waals surface area (Å²) in [6.07, 6.45) is 0. The highest BCUT2D eigenvalue weighted by Crippen LogP contribution is 2.19. The Morgan fingerprint density at radius 3 is 2.56 bits per heavy atom. The molecule has 0 aliphatic carbocycles. The Morgan fingerprint density at radius 1 is 1.20 bits per heavy atom. The van der Waals surface area contributed by atoms with Crippen LogP contribution in [0.5, 0.6) is 0 Å². The lowest BCUT2D eigenvalue weighted by Gasteiger charge is -2.25. The molecule has 0 aromatic heterocycles. The number of nitrogens with one attached hydrogen (secondary N) is 2. The quantitative estimate of drug-likeness (QED) is 0.544. The van der Waals surface area contributed by atoms with Crippen molar-refractivity contribution in [2.24, 2.45) is 4.99 Å². The third-order valence-corrected chi connectivity index (χ3v) is 4.03. The molecule has 0 amide bonds. The summed E-state index contributed by atoms with van der Waals surface area (Å²) in [7, 11) is 0. The summed E-state index contributed by atoms with van der Waals surface area (Å²) in [5.74, 6) is 0.123. The van der Waals surface area contributed by atoms with Crippen LogP contribution in [-0.4, -0.2) is 24.2 Å². The average molecular weight is 364 g/mol. The maximum Gasteiger partial charge on any atom is 0.191 e. The molecule has 0 bridgehead atoms. The number of rotatable bonds is 6. The zero-order chi connectivity index (χ0) is 18.3. The van der Waals surface area contributed by atoms with Crippen LogP contribution in [0, 0.1) is 5.82 Å². The van der Waals surface area contributed by atoms with E-state index in [1.807, 2.05) is 37.3 Å². The number of guanidine groups is 1. The van der Waals surface area contributed by atoms with Gasteiger partial charge in [0, 0.05) is 6.54 Å². The van der Waals surface area contributed by atoms with Crippen LogP contribution in [0.15, 0.2) is 53.5 Å². The van der Waals surface area contributed by atoms with Crippen LogP contribution in [0.3, 0.4) is 0 Å². The Kier molecular flexibility index (Phi) is 6.79. The Hall–Kier alpha value is -2.11. The van der Waals surface area contributed by atoms with E-state index in [1.165, 1.54) is 6.07 Å². The fraction of sp³-hybridized carbons (Fsp3) is 0.316. The fourth-order valence-corrected chi connectivity index (χ4v) is 2.51. The molecule has 0 saturated heterocycles. The number of nitrogens with zero attached hydrogens (tertiary/aromatic N) is 1. The Morgan fingerprint density at radius 2 is 1.92 bits per heavy atom. The van der Waals surface area contributed by atoms with Crippen LogP contribution in [-0.2, 0) is 12.1 Å². The third kappa shape index (κ3) is 5.73. The Labute approximate surface area is 152 Å². The van der Waals surface area contributed by atoms with E-state index < -0.39 is 11.4 Å². The predicted molar refractivity (Wildman–Crippen MR) is 100 cm³/mol. The maximum absolute atomic E-state index is 13.2. The normalized spacial score (nSPS) is 14.0. The summed E-state index contributed by atoms with van der Waals surface area (Å²) in [5, 5.41) is 17.0. The molecular formula is C19H23ClFN3O. The smallest absolute Gasteiger partial charge is 0.191 e. The first-order valence-corrected chi connectivity index (χ1v) is 8.54. The van der Waals surface area contributed by atoms with Gasteiger partial charge in [0.15, 0.2) is 5.96 Å². The number of aliphatic imine (C=N–C) groups is 1. The van der Waals surface area contributed by atoms with E-state index in [9.17, 15) is 9.50 Å². The van der Waals surface area contributed by atoms with Crippen molar-refractivity contribution in [3.63, 3.8) is 0 Å². The minimum atomic E-state index is -1.03. The molecule has 0 fully saturated rings. The van der Waals surface area contributed by atoms with Crippen molar-refractivity contribution in [3.05, 3.63) is 70.5 Å². The molecule has 0 heterocycles. The average Bonchev–Trinajstić information content (AvgIpc) is 2.61. The third-order valence-electron chi connectivity index (χ3n) is 3.74. The minimum Gasteiger partial charge on any atom is -0.384 e. The first kappa shape index (κ1) is 19.2. The van der Waals surface area contributed by atoms with Gasteiger partial charge in [0.2, 0.25) is 0 Å². The number of hydrogen-bond acceptors (Lipinski definition) is 2. The van der Waals surface area contributed by atoms with Crippen LogP contribution in [0.4, 0.5) is 4.39 Å². The highest BCUT2D eigenvalue weighted by Gasteiger charge is 2.22. The van der Waals surface area contributed by atoms with Crippen LogP contribution < -0.4 is 10.6 Å². The van der Waals surface area contributed by atoms with E-state index in [0.29, 0.717) is 25.6 Å². The summed E-state index contributed by atoms with van der Waals surface area (Å²) in [6.45, 7) is 5.04. The van der Waals surface area contributed by atoms with Gasteiger partial charge in [0.05, 0.1) is 18.1 Å². The summed E-state index contributed by atoms with van der Waals surface area (Å²) in [5.41, 5.74) is 0.596. The zero-order valence-corrected chi connectivity index (χ0v) is 15.1. The Balaban J connectivity index is 2.03. The van der Waals surface area contributed by atoms with Gasteiger partial charge in [-0.05, 0) is 37.1 Å². The summed E-state index contributed by atoms with van der Waals surface area (Å²) < 4.78 is 13.2. The van der Waals surface area contributed by atoms with Gasteiger partial charge in [-0.2, -0.15) is 0 Å². The monoisotopic (exact) mass is 363 g/mol. The second-order valence-corrected chi connectivity index (χ2v) is 6.34. The molecule has 1 unspecified atom stereocenters. The molecule has 134 valence electrons. The van der Waals surface area contributed by atoms with Crippen molar-refractivity contribution >= 4 is 17.6 Å². The van der Waals surface area contributed by atoms with Gasteiger partial charge in [-0.3, -0.25) is 0 Å². The molecule has 0 spiro atoms. The van der Waals surface area contributed by atoms with Crippen LogP contribution >= 0.6 is 11.6 Å². The van der Waals surface area contributed by atoms with Gasteiger partial charge in [0.25, 0.3) is 0 Å². The van der Waals surface area contributed by atoms with E-state index in [0.717, 1.165) is 11.1 Å². The van der Waals surface area contributed by atoms with E-state index in [4.69, 9.17) is 11.6 Å². The molecular weight excluding hydrogens is 341 g/mol. The lowest BCUT2D eigenvalue weighted by atomic mass is 9.96. The number of aliphatic hydroxyl groups is 1. The molecule has 2 aromatic carbocycles. The predicted octanol–water partition coefficient (Wildman–Crippen LogP) is 3.44. The van der Waals surface area contributed by atoms with Gasteiger partial charge >= 0.3 is 0 Å². The highest BCUT2D eigenvalue weighted by molar-refractivity contribution is 6.30. The molecule has 2 rings (SSSR count). The second kappa shape index (κ2) is 8.83. The van der Waals surface area contributed by atoms with Crippen LogP contribution in [0.25, 0.3) is 0 Å². The van der Waals surface area contributed by atoms with Crippen molar-refractivity contribution < 1.29 is 9.50 Å². The fourth-order valence-electron chi connectivity index (χ4n) is 2.31. The lowest BCUT2D eigenvalue weighted by Crippen LogP contribution is -2.44. The topological polar surface area (TPSA) is 56.7 Å². The highest BCUT2D eigenvalue weighted by atomic mass is 35.5. The number of halogens is 2. The van der Waals surface area contributed by atoms with Gasteiger partial charge in [-0.15, -0.1) is 0 Å². The van der Waals surface area contributed by atoms with E-state index >= 15 is 0 Å². The van der Waals surface area contributed by atoms with Gasteiger partial charge < -0.3 is 15.7 Å². The first-order chi connectivity index (χ1) is 11.9. The number of hydrogen-bond donors (Lipinski definition) is 3. The largest absolute Gasteiger partial charge is 0.384 e. The standard InChI is InChI=1S/C19H23ClFN3O/c1-3-22-18(23-12-14-9-10-17(21)16(20)11-14)24-13-19(2,25)15-7-5-4-6-8-15/h4-11,25H,3,12-13H2,1-2H3,(H2,22,23,24). The van der Waals surface area contributed by atoms with Crippen LogP contribution in [0.1, 0.15) is 25.0 Å². The summed E-state index contributed by atoms with van der Waals surface area (Å²) >= 11 is 5.79. The van der Waals surface area contributed by atoms with Crippen molar-refractivity contribution in [1.29, 1.82) is 0 Å². The minimum absolute atomic E-state index is 0.0812. The molecule has 3 N–H and O–H groups in total. The van der Waals surface area contributed by atoms with Crippen molar-refractivity contribution in [2.45, 2.75) is 26.0 Å². The summed E-state index contributed by atoms with van der Waals surface area (Å²) in [6, 6.07) is 14.0. The molecule has 25 heavy (non-hydrogen) atoms. The molecule has 4 nitrogen and oxygen atoms in total. The summed E-state index contributed by atoms with van der Waals surface area (Å²) in [4.78, 5) is 4.45. The van der Waals surface area contributed by atoms with E-state index in [-0.39, 0.29) is 5.02 Å². The molecule has 0 aliphatic rings. The zero-order valence-electron chi connectivity index (χ0n) is 14.4. The van der Waals surface area contributed by atoms with Crippen molar-refractivity contribution in [1.82, 2.24) is 10.6 Å². The van der Waals surface area contributed by atoms with Crippen molar-refractivity contribution in [2.75, 3.05) is 13.1 Å². The molecule has 1 atom stereocenters. The van der Waals surface area contributed by atoms with Gasteiger partial charge in [-0.1, -0.05) is 48.0 Å². The SMILES string of the molecule is CCNC(=NCc1ccc(F)c(Cl)c1)NCC(C)(O)c1ccccc1. The van der Waals surface area contributed by atoms with E-state index in [1.54, 1.807) is 19.1 Å². The first-order valence-electron chi connectivity index (χ1n) is 8.16. The molecule has 0 aliphatic heterocycles. The molecule has 6 heteroatoms. The molecule has 2 aromatic rings. The van der Waals surface area contributed by atoms with Crippen LogP contribution in [0.2, 0.25) is 5.02 Å². The Bertz CT molecular complexity index is 720. The maximum atomic E-state index is 13.2. The van der Waals surface area contributed by atoms with Gasteiger partial charge in [-0.25, -0.2) is 9.38 Å². The van der Waals surface area contributed by atoms with Crippen molar-refractivity contribution in [3.8, 4) is 0 Å². The van der Waals surface area contributed by atoms with Gasteiger partial charge in [0.1, 0.15) is 11.4 Å².